The summed E-state index contributed by atoms with van der Waals surface area (Å²) in [5, 5.41) is 3.38. The number of thiophene rings is 1. The molecule has 1 saturated heterocycles. The van der Waals surface area contributed by atoms with E-state index in [-0.39, 0.29) is 0 Å². The van der Waals surface area contributed by atoms with Crippen molar-refractivity contribution in [2.45, 2.75) is 32.2 Å². The zero-order valence-corrected chi connectivity index (χ0v) is 14.3. The van der Waals surface area contributed by atoms with Crippen LogP contribution >= 0.6 is 11.3 Å². The molecule has 3 heterocycles. The van der Waals surface area contributed by atoms with Gasteiger partial charge in [-0.05, 0) is 55.3 Å². The van der Waals surface area contributed by atoms with Crippen LogP contribution < -0.4 is 0 Å². The number of benzene rings is 1. The Morgan fingerprint density at radius 2 is 2.00 bits per heavy atom. The van der Waals surface area contributed by atoms with Gasteiger partial charge in [0.2, 0.25) is 0 Å². The van der Waals surface area contributed by atoms with Crippen molar-refractivity contribution in [3.05, 3.63) is 53.5 Å². The summed E-state index contributed by atoms with van der Waals surface area (Å²) in [7, 11) is 0. The minimum absolute atomic E-state index is 0.440. The van der Waals surface area contributed by atoms with Crippen molar-refractivity contribution < 1.29 is 9.47 Å². The first-order valence-corrected chi connectivity index (χ1v) is 8.62. The van der Waals surface area contributed by atoms with Gasteiger partial charge >= 0.3 is 0 Å². The first kappa shape index (κ1) is 14.8. The summed E-state index contributed by atoms with van der Waals surface area (Å²) in [4.78, 5) is 4.59. The molecule has 1 aliphatic rings. The zero-order valence-electron chi connectivity index (χ0n) is 13.5. The molecular weight excluding hydrogens is 306 g/mol. The molecule has 0 spiro atoms. The molecule has 0 aliphatic carbocycles. The Kier molecular flexibility index (Phi) is 3.30. The van der Waals surface area contributed by atoms with E-state index in [1.165, 1.54) is 15.6 Å². The van der Waals surface area contributed by atoms with E-state index in [0.29, 0.717) is 6.61 Å². The molecule has 4 rings (SSSR count). The van der Waals surface area contributed by atoms with Gasteiger partial charge in [-0.1, -0.05) is 18.2 Å². The average molecular weight is 325 g/mol. The lowest BCUT2D eigenvalue weighted by Gasteiger charge is -2.25. The van der Waals surface area contributed by atoms with Crippen molar-refractivity contribution in [2.75, 3.05) is 6.61 Å². The molecule has 1 fully saturated rings. The van der Waals surface area contributed by atoms with Gasteiger partial charge in [-0.15, -0.1) is 11.3 Å². The predicted molar refractivity (Wildman–Crippen MR) is 93.5 cm³/mol. The van der Waals surface area contributed by atoms with Crippen molar-refractivity contribution in [3.8, 4) is 11.3 Å². The first-order chi connectivity index (χ1) is 11.0. The molecule has 0 amide bonds. The lowest BCUT2D eigenvalue weighted by Crippen LogP contribution is -2.28. The molecule has 23 heavy (non-hydrogen) atoms. The van der Waals surface area contributed by atoms with E-state index < -0.39 is 11.4 Å². The van der Waals surface area contributed by atoms with Crippen LogP contribution in [0.4, 0.5) is 0 Å². The Morgan fingerprint density at radius 3 is 2.78 bits per heavy atom. The van der Waals surface area contributed by atoms with E-state index in [9.17, 15) is 0 Å². The van der Waals surface area contributed by atoms with E-state index in [0.717, 1.165) is 11.3 Å². The van der Waals surface area contributed by atoms with Crippen LogP contribution in [0.15, 0.2) is 48.0 Å². The second kappa shape index (κ2) is 5.13. The summed E-state index contributed by atoms with van der Waals surface area (Å²) >= 11 is 1.75. The molecule has 1 unspecified atom stereocenters. The molecule has 0 N–H and O–H groups in total. The highest BCUT2D eigenvalue weighted by Gasteiger charge is 2.43. The van der Waals surface area contributed by atoms with E-state index in [2.05, 4.69) is 47.6 Å². The Balaban J connectivity index is 1.79. The maximum absolute atomic E-state index is 6.14. The maximum Gasteiger partial charge on any atom is 0.164 e. The SMILES string of the molecule is CC1(C)OCC(C)(c2ccnc(-c3cccc4ccsc34)c2)O1. The maximum atomic E-state index is 6.14. The third-order valence-electron chi connectivity index (χ3n) is 4.29. The monoisotopic (exact) mass is 325 g/mol. The molecule has 118 valence electrons. The van der Waals surface area contributed by atoms with Gasteiger partial charge in [0.1, 0.15) is 5.60 Å². The van der Waals surface area contributed by atoms with E-state index >= 15 is 0 Å². The number of nitrogens with zero attached hydrogens (tertiary/aromatic N) is 1. The van der Waals surface area contributed by atoms with Crippen molar-refractivity contribution in [1.29, 1.82) is 0 Å². The Hall–Kier alpha value is -1.75. The minimum Gasteiger partial charge on any atom is -0.347 e. The van der Waals surface area contributed by atoms with Gasteiger partial charge in [-0.25, -0.2) is 0 Å². The van der Waals surface area contributed by atoms with Gasteiger partial charge in [-0.2, -0.15) is 0 Å². The molecule has 4 heteroatoms. The number of rotatable bonds is 2. The van der Waals surface area contributed by atoms with Crippen LogP contribution in [0, 0.1) is 0 Å². The molecule has 2 aromatic heterocycles. The summed E-state index contributed by atoms with van der Waals surface area (Å²) in [6, 6.07) is 12.6. The Morgan fingerprint density at radius 1 is 1.13 bits per heavy atom. The number of ether oxygens (including phenoxy) is 2. The lowest BCUT2D eigenvalue weighted by atomic mass is 9.96. The quantitative estimate of drug-likeness (QED) is 0.667. The van der Waals surface area contributed by atoms with Crippen LogP contribution in [0.1, 0.15) is 26.3 Å². The van der Waals surface area contributed by atoms with Crippen LogP contribution in [0.3, 0.4) is 0 Å². The van der Waals surface area contributed by atoms with Gasteiger partial charge < -0.3 is 9.47 Å². The van der Waals surface area contributed by atoms with E-state index in [4.69, 9.17) is 9.47 Å². The summed E-state index contributed by atoms with van der Waals surface area (Å²) in [5.74, 6) is -0.550. The van der Waals surface area contributed by atoms with Crippen molar-refractivity contribution in [2.24, 2.45) is 0 Å². The molecule has 0 radical (unpaired) electrons. The molecular formula is C19H19NO2S. The van der Waals surface area contributed by atoms with Gasteiger partial charge in [-0.3, -0.25) is 4.98 Å². The molecule has 3 nitrogen and oxygen atoms in total. The fourth-order valence-electron chi connectivity index (χ4n) is 3.16. The molecule has 1 atom stereocenters. The molecule has 0 saturated carbocycles. The highest BCUT2D eigenvalue weighted by Crippen LogP contribution is 2.40. The Bertz CT molecular complexity index is 870. The summed E-state index contributed by atoms with van der Waals surface area (Å²) in [5.41, 5.74) is 2.80. The second-order valence-electron chi connectivity index (χ2n) is 6.60. The van der Waals surface area contributed by atoms with Crippen molar-refractivity contribution in [1.82, 2.24) is 4.98 Å². The highest BCUT2D eigenvalue weighted by molar-refractivity contribution is 7.17. The molecule has 3 aromatic rings. The number of aromatic nitrogens is 1. The highest BCUT2D eigenvalue weighted by atomic mass is 32.1. The fourth-order valence-corrected chi connectivity index (χ4v) is 4.08. The van der Waals surface area contributed by atoms with Crippen LogP contribution in [0.2, 0.25) is 0 Å². The molecule has 1 aliphatic heterocycles. The third-order valence-corrected chi connectivity index (χ3v) is 5.26. The summed E-state index contributed by atoms with van der Waals surface area (Å²) in [6.07, 6.45) is 1.86. The largest absolute Gasteiger partial charge is 0.347 e. The number of hydrogen-bond acceptors (Lipinski definition) is 4. The second-order valence-corrected chi connectivity index (χ2v) is 7.51. The van der Waals surface area contributed by atoms with Gasteiger partial charge in [0, 0.05) is 16.5 Å². The predicted octanol–water partition coefficient (Wildman–Crippen LogP) is 4.96. The van der Waals surface area contributed by atoms with Gasteiger partial charge in [0.15, 0.2) is 5.79 Å². The van der Waals surface area contributed by atoms with E-state index in [1.54, 1.807) is 11.3 Å². The number of fused-ring (bicyclic) bond motifs is 1. The fraction of sp³-hybridized carbons (Fsp3) is 0.316. The number of pyridine rings is 1. The van der Waals surface area contributed by atoms with Crippen LogP contribution in [0.5, 0.6) is 0 Å². The third kappa shape index (κ3) is 2.57. The first-order valence-electron chi connectivity index (χ1n) is 7.74. The standard InChI is InChI=1S/C19H19NO2S/c1-18(2)21-12-19(3,22-18)14-7-9-20-16(11-14)15-6-4-5-13-8-10-23-17(13)15/h4-11H,12H2,1-3H3. The van der Waals surface area contributed by atoms with Crippen molar-refractivity contribution >= 4 is 21.4 Å². The van der Waals surface area contributed by atoms with Crippen LogP contribution in [-0.2, 0) is 15.1 Å². The van der Waals surface area contributed by atoms with Crippen LogP contribution in [-0.4, -0.2) is 17.4 Å². The Labute approximate surface area is 139 Å². The van der Waals surface area contributed by atoms with Crippen LogP contribution in [0.25, 0.3) is 21.3 Å². The summed E-state index contributed by atoms with van der Waals surface area (Å²) in [6.45, 7) is 6.53. The van der Waals surface area contributed by atoms with E-state index in [1.807, 2.05) is 26.1 Å². The van der Waals surface area contributed by atoms with Crippen molar-refractivity contribution in [3.63, 3.8) is 0 Å². The zero-order chi connectivity index (χ0) is 16.1. The average Bonchev–Trinajstić information content (AvgIpc) is 3.12. The summed E-state index contributed by atoms with van der Waals surface area (Å²) < 4.78 is 13.2. The molecule has 1 aromatic carbocycles. The number of hydrogen-bond donors (Lipinski definition) is 0. The smallest absolute Gasteiger partial charge is 0.164 e. The minimum atomic E-state index is -0.550. The normalized spacial score (nSPS) is 23.4. The topological polar surface area (TPSA) is 31.4 Å². The van der Waals surface area contributed by atoms with Gasteiger partial charge in [0.25, 0.3) is 0 Å². The lowest BCUT2D eigenvalue weighted by molar-refractivity contribution is -0.159. The molecule has 0 bridgehead atoms. The van der Waals surface area contributed by atoms with Gasteiger partial charge in [0.05, 0.1) is 12.3 Å².